The molecule has 1 aliphatic heterocycles. The fourth-order valence-corrected chi connectivity index (χ4v) is 3.01. The molecule has 3 N–H and O–H groups in total. The smallest absolute Gasteiger partial charge is 0.279 e. The zero-order valence-corrected chi connectivity index (χ0v) is 14.8. The molecule has 2 aromatic carbocycles. The lowest BCUT2D eigenvalue weighted by molar-refractivity contribution is -0.121. The molecule has 0 saturated heterocycles. The lowest BCUT2D eigenvalue weighted by Gasteiger charge is -2.20. The summed E-state index contributed by atoms with van der Waals surface area (Å²) in [6.45, 7) is -0.110. The maximum Gasteiger partial charge on any atom is 0.279 e. The molecule has 7 heteroatoms. The number of likely N-dealkylation sites (N-methyl/N-ethyl adjacent to an activating group) is 1. The van der Waals surface area contributed by atoms with Gasteiger partial charge in [0.15, 0.2) is 0 Å². The first kappa shape index (κ1) is 17.0. The van der Waals surface area contributed by atoms with E-state index in [4.69, 9.17) is 0 Å². The highest BCUT2D eigenvalue weighted by molar-refractivity contribution is 6.13. The van der Waals surface area contributed by atoms with Crippen molar-refractivity contribution < 1.29 is 9.90 Å². The van der Waals surface area contributed by atoms with Gasteiger partial charge in [-0.25, -0.2) is 4.99 Å². The van der Waals surface area contributed by atoms with Gasteiger partial charge >= 0.3 is 0 Å². The number of aliphatic hydroxyl groups excluding tert-OH is 1. The summed E-state index contributed by atoms with van der Waals surface area (Å²) < 4.78 is 0. The number of carbonyl (C=O) groups excluding carboxylic acids is 1. The van der Waals surface area contributed by atoms with E-state index in [0.29, 0.717) is 11.7 Å². The van der Waals surface area contributed by atoms with E-state index in [-0.39, 0.29) is 18.6 Å². The molecule has 0 bridgehead atoms. The molecule has 0 spiro atoms. The molecular formula is C20H19N5O2. The maximum atomic E-state index is 12.6. The van der Waals surface area contributed by atoms with Crippen LogP contribution in [0.25, 0.3) is 17.0 Å². The number of nitrogens with one attached hydrogen (secondary N) is 2. The average Bonchev–Trinajstić information content (AvgIpc) is 3.27. The van der Waals surface area contributed by atoms with Crippen molar-refractivity contribution in [3.63, 3.8) is 0 Å². The molecule has 7 nitrogen and oxygen atoms in total. The van der Waals surface area contributed by atoms with E-state index in [1.54, 1.807) is 19.3 Å². The lowest BCUT2D eigenvalue weighted by Crippen LogP contribution is -2.41. The SMILES string of the molecule is CN1C(=O)/C(=C/c2ccc3[nH]ncc3c2)N=C1N[C@H](CO)c1ccccc1. The van der Waals surface area contributed by atoms with Crippen LogP contribution in [-0.4, -0.2) is 45.7 Å². The molecule has 1 amide bonds. The summed E-state index contributed by atoms with van der Waals surface area (Å²) in [7, 11) is 1.66. The van der Waals surface area contributed by atoms with Crippen molar-refractivity contribution in [1.82, 2.24) is 20.4 Å². The number of hydrogen-bond acceptors (Lipinski definition) is 5. The molecule has 0 fully saturated rings. The highest BCUT2D eigenvalue weighted by Gasteiger charge is 2.28. The minimum absolute atomic E-state index is 0.110. The summed E-state index contributed by atoms with van der Waals surface area (Å²) >= 11 is 0. The van der Waals surface area contributed by atoms with Gasteiger partial charge in [0.05, 0.1) is 24.4 Å². The molecule has 2 heterocycles. The predicted molar refractivity (Wildman–Crippen MR) is 104 cm³/mol. The van der Waals surface area contributed by atoms with Crippen molar-refractivity contribution in [1.29, 1.82) is 0 Å². The summed E-state index contributed by atoms with van der Waals surface area (Å²) in [6.07, 6.45) is 3.48. The van der Waals surface area contributed by atoms with E-state index < -0.39 is 0 Å². The topological polar surface area (TPSA) is 93.6 Å². The summed E-state index contributed by atoms with van der Waals surface area (Å²) in [4.78, 5) is 18.4. The average molecular weight is 361 g/mol. The third-order valence-corrected chi connectivity index (χ3v) is 4.52. The largest absolute Gasteiger partial charge is 0.394 e. The first-order chi connectivity index (χ1) is 13.2. The molecule has 0 unspecified atom stereocenters. The van der Waals surface area contributed by atoms with Crippen molar-refractivity contribution in [2.24, 2.45) is 4.99 Å². The Morgan fingerprint density at radius 1 is 1.26 bits per heavy atom. The second-order valence-electron chi connectivity index (χ2n) is 6.34. The normalized spacial score (nSPS) is 16.8. The molecule has 136 valence electrons. The van der Waals surface area contributed by atoms with E-state index >= 15 is 0 Å². The standard InChI is InChI=1S/C20H19N5O2/c1-25-19(27)17(10-13-7-8-16-15(9-13)11-21-24-16)22-20(25)23-18(12-26)14-5-3-2-4-6-14/h2-11,18,26H,12H2,1H3,(H,21,24)(H,22,23)/b17-10-/t18-/m1/s1. The number of hydrogen-bond donors (Lipinski definition) is 3. The third-order valence-electron chi connectivity index (χ3n) is 4.52. The number of carbonyl (C=O) groups is 1. The van der Waals surface area contributed by atoms with Crippen LogP contribution in [0, 0.1) is 0 Å². The molecular weight excluding hydrogens is 342 g/mol. The molecule has 0 saturated carbocycles. The Balaban J connectivity index is 1.61. The first-order valence-electron chi connectivity index (χ1n) is 8.59. The second-order valence-corrected chi connectivity index (χ2v) is 6.34. The van der Waals surface area contributed by atoms with Crippen LogP contribution in [0.2, 0.25) is 0 Å². The number of aliphatic hydroxyl groups is 1. The highest BCUT2D eigenvalue weighted by atomic mass is 16.3. The predicted octanol–water partition coefficient (Wildman–Crippen LogP) is 2.05. The molecule has 1 atom stereocenters. The summed E-state index contributed by atoms with van der Waals surface area (Å²) in [5, 5.41) is 20.8. The van der Waals surface area contributed by atoms with E-state index in [1.807, 2.05) is 48.5 Å². The van der Waals surface area contributed by atoms with Gasteiger partial charge in [0.1, 0.15) is 5.70 Å². The molecule has 0 radical (unpaired) electrons. The number of aromatic amines is 1. The van der Waals surface area contributed by atoms with Gasteiger partial charge < -0.3 is 10.4 Å². The van der Waals surface area contributed by atoms with Crippen molar-refractivity contribution in [3.05, 3.63) is 71.6 Å². The zero-order chi connectivity index (χ0) is 18.8. The Labute approximate surface area is 156 Å². The van der Waals surface area contributed by atoms with Crippen molar-refractivity contribution in [3.8, 4) is 0 Å². The van der Waals surface area contributed by atoms with Crippen LogP contribution in [0.4, 0.5) is 0 Å². The molecule has 4 rings (SSSR count). The zero-order valence-electron chi connectivity index (χ0n) is 14.8. The van der Waals surface area contributed by atoms with Crippen molar-refractivity contribution in [2.45, 2.75) is 6.04 Å². The number of fused-ring (bicyclic) bond motifs is 1. The van der Waals surface area contributed by atoms with Gasteiger partial charge in [0.25, 0.3) is 5.91 Å². The first-order valence-corrected chi connectivity index (χ1v) is 8.59. The van der Waals surface area contributed by atoms with E-state index in [9.17, 15) is 9.90 Å². The quantitative estimate of drug-likeness (QED) is 0.620. The van der Waals surface area contributed by atoms with Crippen molar-refractivity contribution in [2.75, 3.05) is 13.7 Å². The van der Waals surface area contributed by atoms with Gasteiger partial charge in [-0.3, -0.25) is 14.8 Å². The van der Waals surface area contributed by atoms with Crippen LogP contribution >= 0.6 is 0 Å². The van der Waals surface area contributed by atoms with Crippen LogP contribution in [0.1, 0.15) is 17.2 Å². The number of aliphatic imine (C=N–C) groups is 1. The van der Waals surface area contributed by atoms with Crippen molar-refractivity contribution >= 4 is 28.8 Å². The minimum Gasteiger partial charge on any atom is -0.394 e. The maximum absolute atomic E-state index is 12.6. The number of H-pyrrole nitrogens is 1. The monoisotopic (exact) mass is 361 g/mol. The number of guanidine groups is 1. The highest BCUT2D eigenvalue weighted by Crippen LogP contribution is 2.21. The Kier molecular flexibility index (Phi) is 4.43. The van der Waals surface area contributed by atoms with Crippen LogP contribution < -0.4 is 5.32 Å². The second kappa shape index (κ2) is 7.05. The van der Waals surface area contributed by atoms with Gasteiger partial charge in [-0.05, 0) is 29.3 Å². The van der Waals surface area contributed by atoms with Crippen LogP contribution in [0.3, 0.4) is 0 Å². The number of benzene rings is 2. The number of rotatable bonds is 4. The van der Waals surface area contributed by atoms with Gasteiger partial charge in [-0.1, -0.05) is 36.4 Å². The molecule has 1 aromatic heterocycles. The lowest BCUT2D eigenvalue weighted by atomic mass is 10.1. The van der Waals surface area contributed by atoms with E-state index in [0.717, 1.165) is 22.0 Å². The number of nitrogens with zero attached hydrogens (tertiary/aromatic N) is 3. The van der Waals surface area contributed by atoms with E-state index in [2.05, 4.69) is 20.5 Å². The fourth-order valence-electron chi connectivity index (χ4n) is 3.01. The molecule has 3 aromatic rings. The van der Waals surface area contributed by atoms with E-state index in [1.165, 1.54) is 4.90 Å². The van der Waals surface area contributed by atoms with Gasteiger partial charge in [0.2, 0.25) is 5.96 Å². The molecule has 0 aliphatic carbocycles. The van der Waals surface area contributed by atoms with Gasteiger partial charge in [-0.2, -0.15) is 5.10 Å². The Hall–Kier alpha value is -3.45. The number of aromatic nitrogens is 2. The van der Waals surface area contributed by atoms with Crippen LogP contribution in [0.15, 0.2) is 65.4 Å². The third kappa shape index (κ3) is 3.32. The molecule has 27 heavy (non-hydrogen) atoms. The van der Waals surface area contributed by atoms with Gasteiger partial charge in [-0.15, -0.1) is 0 Å². The summed E-state index contributed by atoms with van der Waals surface area (Å²) in [5.41, 5.74) is 3.07. The van der Waals surface area contributed by atoms with Crippen LogP contribution in [-0.2, 0) is 4.79 Å². The Morgan fingerprint density at radius 2 is 2.07 bits per heavy atom. The Bertz CT molecular complexity index is 1040. The Morgan fingerprint density at radius 3 is 2.85 bits per heavy atom. The summed E-state index contributed by atoms with van der Waals surface area (Å²) in [6, 6.07) is 15.0. The molecule has 1 aliphatic rings. The fraction of sp³-hybridized carbons (Fsp3) is 0.150. The van der Waals surface area contributed by atoms with Crippen LogP contribution in [0.5, 0.6) is 0 Å². The summed E-state index contributed by atoms with van der Waals surface area (Å²) in [5.74, 6) is 0.216. The number of amides is 1. The minimum atomic E-state index is -0.346. The van der Waals surface area contributed by atoms with Gasteiger partial charge in [0, 0.05) is 12.4 Å².